The van der Waals surface area contributed by atoms with Crippen molar-refractivity contribution in [3.63, 3.8) is 0 Å². The molecule has 0 aliphatic carbocycles. The van der Waals surface area contributed by atoms with E-state index >= 15 is 0 Å². The highest BCUT2D eigenvalue weighted by Crippen LogP contribution is 2.26. The summed E-state index contributed by atoms with van der Waals surface area (Å²) in [5.74, 6) is 0. The van der Waals surface area contributed by atoms with E-state index in [9.17, 15) is 8.42 Å². The molecule has 3 aromatic carbocycles. The molecule has 0 radical (unpaired) electrons. The molecule has 0 spiro atoms. The van der Waals surface area contributed by atoms with Gasteiger partial charge in [-0.15, -0.1) is 0 Å². The van der Waals surface area contributed by atoms with Gasteiger partial charge in [0.15, 0.2) is 0 Å². The van der Waals surface area contributed by atoms with Crippen LogP contribution in [-0.4, -0.2) is 8.42 Å². The Morgan fingerprint density at radius 2 is 1.40 bits per heavy atom. The zero-order chi connectivity index (χ0) is 17.9. The third-order valence-electron chi connectivity index (χ3n) is 3.66. The standard InChI is InChI=1S/C19H15Cl2NO2S/c20-18-11-10-17(13-19(18)21)25(23,24)22-16-8-6-15(7-9-16)12-14-4-2-1-3-5-14/h1-11,13,22H,12H2. The van der Waals surface area contributed by atoms with Crippen LogP contribution < -0.4 is 4.72 Å². The van der Waals surface area contributed by atoms with E-state index in [0.29, 0.717) is 10.7 Å². The minimum absolute atomic E-state index is 0.0651. The Morgan fingerprint density at radius 3 is 2.04 bits per heavy atom. The second-order valence-electron chi connectivity index (χ2n) is 5.54. The van der Waals surface area contributed by atoms with Crippen LogP contribution in [0.3, 0.4) is 0 Å². The van der Waals surface area contributed by atoms with Crippen LogP contribution in [0.25, 0.3) is 0 Å². The zero-order valence-corrected chi connectivity index (χ0v) is 15.4. The van der Waals surface area contributed by atoms with Gasteiger partial charge in [-0.05, 0) is 47.9 Å². The lowest BCUT2D eigenvalue weighted by Crippen LogP contribution is -2.12. The maximum Gasteiger partial charge on any atom is 0.261 e. The van der Waals surface area contributed by atoms with Crippen molar-refractivity contribution in [3.05, 3.63) is 94.0 Å². The number of rotatable bonds is 5. The molecule has 0 saturated heterocycles. The number of nitrogens with one attached hydrogen (secondary N) is 1. The molecule has 0 saturated carbocycles. The lowest BCUT2D eigenvalue weighted by atomic mass is 10.1. The van der Waals surface area contributed by atoms with Crippen LogP contribution in [0.2, 0.25) is 10.0 Å². The molecule has 0 heterocycles. The minimum Gasteiger partial charge on any atom is -0.280 e. The molecule has 128 valence electrons. The van der Waals surface area contributed by atoms with Gasteiger partial charge in [0.25, 0.3) is 10.0 Å². The smallest absolute Gasteiger partial charge is 0.261 e. The molecule has 25 heavy (non-hydrogen) atoms. The van der Waals surface area contributed by atoms with E-state index in [-0.39, 0.29) is 9.92 Å². The van der Waals surface area contributed by atoms with E-state index in [1.54, 1.807) is 12.1 Å². The van der Waals surface area contributed by atoms with Gasteiger partial charge >= 0.3 is 0 Å². The van der Waals surface area contributed by atoms with Crippen LogP contribution in [0, 0.1) is 0 Å². The van der Waals surface area contributed by atoms with Crippen molar-refractivity contribution >= 4 is 38.9 Å². The fourth-order valence-electron chi connectivity index (χ4n) is 2.38. The highest BCUT2D eigenvalue weighted by Gasteiger charge is 2.15. The first kappa shape index (κ1) is 17.8. The molecule has 0 bridgehead atoms. The van der Waals surface area contributed by atoms with E-state index in [1.807, 2.05) is 30.3 Å². The Labute approximate surface area is 157 Å². The second-order valence-corrected chi connectivity index (χ2v) is 8.04. The number of anilines is 1. The van der Waals surface area contributed by atoms with E-state index in [0.717, 1.165) is 12.0 Å². The first-order valence-electron chi connectivity index (χ1n) is 7.55. The van der Waals surface area contributed by atoms with E-state index in [1.165, 1.54) is 23.8 Å². The summed E-state index contributed by atoms with van der Waals surface area (Å²) in [6, 6.07) is 21.6. The second kappa shape index (κ2) is 7.48. The van der Waals surface area contributed by atoms with Crippen molar-refractivity contribution in [3.8, 4) is 0 Å². The minimum atomic E-state index is -3.72. The predicted molar refractivity (Wildman–Crippen MR) is 103 cm³/mol. The number of hydrogen-bond donors (Lipinski definition) is 1. The summed E-state index contributed by atoms with van der Waals surface area (Å²) in [5, 5.41) is 0.508. The molecule has 1 N–H and O–H groups in total. The molecule has 3 nitrogen and oxygen atoms in total. The van der Waals surface area contributed by atoms with Crippen molar-refractivity contribution in [2.45, 2.75) is 11.3 Å². The van der Waals surface area contributed by atoms with Gasteiger partial charge in [-0.1, -0.05) is 65.7 Å². The molecule has 0 atom stereocenters. The molecule has 3 aromatic rings. The molecule has 0 unspecified atom stereocenters. The Morgan fingerprint density at radius 1 is 0.760 bits per heavy atom. The Bertz CT molecular complexity index is 972. The van der Waals surface area contributed by atoms with E-state index in [2.05, 4.69) is 16.9 Å². The lowest BCUT2D eigenvalue weighted by molar-refractivity contribution is 0.601. The normalized spacial score (nSPS) is 11.3. The van der Waals surface area contributed by atoms with Gasteiger partial charge in [-0.2, -0.15) is 0 Å². The van der Waals surface area contributed by atoms with Crippen LogP contribution in [-0.2, 0) is 16.4 Å². The largest absolute Gasteiger partial charge is 0.280 e. The predicted octanol–water partition coefficient (Wildman–Crippen LogP) is 5.39. The van der Waals surface area contributed by atoms with Gasteiger partial charge in [0.1, 0.15) is 0 Å². The highest BCUT2D eigenvalue weighted by atomic mass is 35.5. The van der Waals surface area contributed by atoms with Crippen molar-refractivity contribution in [2.24, 2.45) is 0 Å². The molecule has 0 fully saturated rings. The molecule has 0 amide bonds. The average molecular weight is 392 g/mol. The van der Waals surface area contributed by atoms with Gasteiger partial charge in [0.2, 0.25) is 0 Å². The van der Waals surface area contributed by atoms with Gasteiger partial charge in [0, 0.05) is 5.69 Å². The highest BCUT2D eigenvalue weighted by molar-refractivity contribution is 7.92. The van der Waals surface area contributed by atoms with Crippen molar-refractivity contribution < 1.29 is 8.42 Å². The fourth-order valence-corrected chi connectivity index (χ4v) is 3.83. The third kappa shape index (κ3) is 4.54. The molecule has 6 heteroatoms. The maximum atomic E-state index is 12.4. The topological polar surface area (TPSA) is 46.2 Å². The summed E-state index contributed by atoms with van der Waals surface area (Å²) in [6.45, 7) is 0. The summed E-state index contributed by atoms with van der Waals surface area (Å²) in [6.07, 6.45) is 0.792. The van der Waals surface area contributed by atoms with Crippen molar-refractivity contribution in [2.75, 3.05) is 4.72 Å². The molecular formula is C19H15Cl2NO2S. The van der Waals surface area contributed by atoms with Gasteiger partial charge in [-0.25, -0.2) is 8.42 Å². The van der Waals surface area contributed by atoms with Gasteiger partial charge in [-0.3, -0.25) is 4.72 Å². The zero-order valence-electron chi connectivity index (χ0n) is 13.1. The molecule has 0 aliphatic heterocycles. The monoisotopic (exact) mass is 391 g/mol. The first-order chi connectivity index (χ1) is 11.9. The van der Waals surface area contributed by atoms with Gasteiger partial charge in [0.05, 0.1) is 14.9 Å². The molecule has 0 aliphatic rings. The summed E-state index contributed by atoms with van der Waals surface area (Å²) >= 11 is 11.7. The van der Waals surface area contributed by atoms with E-state index < -0.39 is 10.0 Å². The Kier molecular flexibility index (Phi) is 5.33. The Balaban J connectivity index is 1.75. The fraction of sp³-hybridized carbons (Fsp3) is 0.0526. The molecule has 0 aromatic heterocycles. The summed E-state index contributed by atoms with van der Waals surface area (Å²) < 4.78 is 27.4. The van der Waals surface area contributed by atoms with Crippen molar-refractivity contribution in [1.29, 1.82) is 0 Å². The Hall–Kier alpha value is -2.01. The summed E-state index contributed by atoms with van der Waals surface area (Å²) in [5.41, 5.74) is 2.79. The molecule has 3 rings (SSSR count). The quantitative estimate of drug-likeness (QED) is 0.633. The average Bonchev–Trinajstić information content (AvgIpc) is 2.60. The first-order valence-corrected chi connectivity index (χ1v) is 9.79. The van der Waals surface area contributed by atoms with Crippen LogP contribution in [0.1, 0.15) is 11.1 Å². The van der Waals surface area contributed by atoms with Crippen LogP contribution in [0.5, 0.6) is 0 Å². The summed E-state index contributed by atoms with van der Waals surface area (Å²) in [7, 11) is -3.72. The maximum absolute atomic E-state index is 12.4. The number of hydrogen-bond acceptors (Lipinski definition) is 2. The number of sulfonamides is 1. The number of benzene rings is 3. The van der Waals surface area contributed by atoms with Gasteiger partial charge < -0.3 is 0 Å². The summed E-state index contributed by atoms with van der Waals surface area (Å²) in [4.78, 5) is 0.0651. The van der Waals surface area contributed by atoms with Crippen molar-refractivity contribution in [1.82, 2.24) is 0 Å². The van der Waals surface area contributed by atoms with E-state index in [4.69, 9.17) is 23.2 Å². The molecular weight excluding hydrogens is 377 g/mol. The van der Waals surface area contributed by atoms with Crippen LogP contribution >= 0.6 is 23.2 Å². The third-order valence-corrected chi connectivity index (χ3v) is 5.78. The van der Waals surface area contributed by atoms with Crippen LogP contribution in [0.4, 0.5) is 5.69 Å². The number of halogens is 2. The van der Waals surface area contributed by atoms with Crippen LogP contribution in [0.15, 0.2) is 77.7 Å². The SMILES string of the molecule is O=S(=O)(Nc1ccc(Cc2ccccc2)cc1)c1ccc(Cl)c(Cl)c1. The lowest BCUT2D eigenvalue weighted by Gasteiger charge is -2.10.